The number of benzene rings is 2. The summed E-state index contributed by atoms with van der Waals surface area (Å²) in [5.74, 6) is 2.08. The molecule has 2 aromatic heterocycles. The number of H-pyrrole nitrogens is 2. The van der Waals surface area contributed by atoms with Crippen molar-refractivity contribution in [3.8, 4) is 0 Å². The molecule has 0 saturated carbocycles. The summed E-state index contributed by atoms with van der Waals surface area (Å²) in [6.07, 6.45) is 3.41. The SMILES string of the molecule is CSCC[C@H](NC(=O)CCc1nc2ccccc2c(=O)[nH]1)c1nc2ccccc2[nH]1. The number of hydrogen-bond donors (Lipinski definition) is 3. The number of aromatic nitrogens is 4. The lowest BCUT2D eigenvalue weighted by atomic mass is 10.2. The molecule has 30 heavy (non-hydrogen) atoms. The summed E-state index contributed by atoms with van der Waals surface area (Å²) in [5.41, 5.74) is 2.29. The number of aromatic amines is 2. The van der Waals surface area contributed by atoms with Gasteiger partial charge >= 0.3 is 0 Å². The molecule has 0 unspecified atom stereocenters. The number of fused-ring (bicyclic) bond motifs is 2. The van der Waals surface area contributed by atoms with E-state index in [9.17, 15) is 9.59 Å². The Morgan fingerprint density at radius 2 is 1.83 bits per heavy atom. The lowest BCUT2D eigenvalue weighted by molar-refractivity contribution is -0.121. The molecular formula is C22H23N5O2S. The lowest BCUT2D eigenvalue weighted by Crippen LogP contribution is -2.30. The van der Waals surface area contributed by atoms with Gasteiger partial charge in [-0.1, -0.05) is 24.3 Å². The van der Waals surface area contributed by atoms with Gasteiger partial charge in [0.2, 0.25) is 5.91 Å². The number of imidazole rings is 1. The van der Waals surface area contributed by atoms with Gasteiger partial charge in [0.25, 0.3) is 5.56 Å². The molecule has 0 aliphatic heterocycles. The summed E-state index contributed by atoms with van der Waals surface area (Å²) in [6.45, 7) is 0. The Kier molecular flexibility index (Phi) is 6.13. The van der Waals surface area contributed by atoms with Gasteiger partial charge in [0, 0.05) is 12.8 Å². The molecule has 0 spiro atoms. The maximum Gasteiger partial charge on any atom is 0.258 e. The van der Waals surface area contributed by atoms with Crippen molar-refractivity contribution >= 4 is 39.6 Å². The molecular weight excluding hydrogens is 398 g/mol. The number of nitrogens with zero attached hydrogens (tertiary/aromatic N) is 2. The number of rotatable bonds is 8. The molecule has 1 amide bonds. The molecule has 2 heterocycles. The van der Waals surface area contributed by atoms with Crippen LogP contribution in [-0.2, 0) is 11.2 Å². The highest BCUT2D eigenvalue weighted by molar-refractivity contribution is 7.98. The third kappa shape index (κ3) is 4.54. The molecule has 0 radical (unpaired) electrons. The predicted molar refractivity (Wildman–Crippen MR) is 121 cm³/mol. The Bertz CT molecular complexity index is 1200. The van der Waals surface area contributed by atoms with Gasteiger partial charge in [-0.3, -0.25) is 9.59 Å². The largest absolute Gasteiger partial charge is 0.346 e. The van der Waals surface area contributed by atoms with Crippen molar-refractivity contribution in [2.24, 2.45) is 0 Å². The number of hydrogen-bond acceptors (Lipinski definition) is 5. The van der Waals surface area contributed by atoms with Gasteiger partial charge in [-0.15, -0.1) is 0 Å². The second kappa shape index (κ2) is 9.13. The smallest absolute Gasteiger partial charge is 0.258 e. The lowest BCUT2D eigenvalue weighted by Gasteiger charge is -2.16. The summed E-state index contributed by atoms with van der Waals surface area (Å²) >= 11 is 1.73. The molecule has 2 aromatic carbocycles. The van der Waals surface area contributed by atoms with E-state index in [2.05, 4.69) is 25.3 Å². The van der Waals surface area contributed by atoms with Crippen LogP contribution in [0.3, 0.4) is 0 Å². The zero-order valence-electron chi connectivity index (χ0n) is 16.6. The monoisotopic (exact) mass is 421 g/mol. The van der Waals surface area contributed by atoms with Crippen molar-refractivity contribution in [2.75, 3.05) is 12.0 Å². The van der Waals surface area contributed by atoms with E-state index in [0.717, 1.165) is 29.0 Å². The number of nitrogens with one attached hydrogen (secondary N) is 3. The van der Waals surface area contributed by atoms with E-state index in [1.54, 1.807) is 30.0 Å². The summed E-state index contributed by atoms with van der Waals surface area (Å²) in [4.78, 5) is 40.0. The van der Waals surface area contributed by atoms with E-state index < -0.39 is 0 Å². The maximum atomic E-state index is 12.6. The van der Waals surface area contributed by atoms with Gasteiger partial charge in [-0.2, -0.15) is 11.8 Å². The first kappa shape index (κ1) is 20.2. The Labute approximate surface area is 177 Å². The minimum Gasteiger partial charge on any atom is -0.346 e. The van der Waals surface area contributed by atoms with E-state index in [-0.39, 0.29) is 23.9 Å². The molecule has 3 N–H and O–H groups in total. The molecule has 0 aliphatic rings. The van der Waals surface area contributed by atoms with Gasteiger partial charge < -0.3 is 15.3 Å². The molecule has 1 atom stereocenters. The third-order valence-corrected chi connectivity index (χ3v) is 5.58. The van der Waals surface area contributed by atoms with Crippen molar-refractivity contribution in [3.63, 3.8) is 0 Å². The molecule has 8 heteroatoms. The van der Waals surface area contributed by atoms with Crippen LogP contribution in [0.25, 0.3) is 21.9 Å². The molecule has 4 aromatic rings. The van der Waals surface area contributed by atoms with Crippen LogP contribution in [0.1, 0.15) is 30.5 Å². The zero-order valence-corrected chi connectivity index (χ0v) is 17.5. The number of carbonyl (C=O) groups is 1. The Morgan fingerprint density at radius 1 is 1.07 bits per heavy atom. The van der Waals surface area contributed by atoms with Crippen LogP contribution in [0, 0.1) is 0 Å². The highest BCUT2D eigenvalue weighted by Gasteiger charge is 2.18. The maximum absolute atomic E-state index is 12.6. The third-order valence-electron chi connectivity index (χ3n) is 4.93. The Morgan fingerprint density at radius 3 is 2.63 bits per heavy atom. The number of aryl methyl sites for hydroxylation is 1. The first-order valence-electron chi connectivity index (χ1n) is 9.85. The van der Waals surface area contributed by atoms with Crippen LogP contribution in [0.2, 0.25) is 0 Å². The molecule has 0 aliphatic carbocycles. The fourth-order valence-electron chi connectivity index (χ4n) is 3.40. The quantitative estimate of drug-likeness (QED) is 0.405. The summed E-state index contributed by atoms with van der Waals surface area (Å²) in [7, 11) is 0. The summed E-state index contributed by atoms with van der Waals surface area (Å²) in [5, 5.41) is 3.63. The average Bonchev–Trinajstić information content (AvgIpc) is 3.19. The minimum absolute atomic E-state index is 0.0997. The van der Waals surface area contributed by atoms with Crippen molar-refractivity contribution in [1.82, 2.24) is 25.3 Å². The summed E-state index contributed by atoms with van der Waals surface area (Å²) < 4.78 is 0. The molecule has 0 bridgehead atoms. The highest BCUT2D eigenvalue weighted by Crippen LogP contribution is 2.20. The van der Waals surface area contributed by atoms with Gasteiger partial charge in [0.05, 0.1) is 28.0 Å². The highest BCUT2D eigenvalue weighted by atomic mass is 32.2. The van der Waals surface area contributed by atoms with Crippen molar-refractivity contribution in [2.45, 2.75) is 25.3 Å². The molecule has 4 rings (SSSR count). The van der Waals surface area contributed by atoms with Crippen LogP contribution < -0.4 is 10.9 Å². The second-order valence-electron chi connectivity index (χ2n) is 7.07. The molecule has 154 valence electrons. The van der Waals surface area contributed by atoms with Crippen LogP contribution in [0.15, 0.2) is 53.3 Å². The van der Waals surface area contributed by atoms with Crippen LogP contribution in [-0.4, -0.2) is 37.9 Å². The first-order valence-corrected chi connectivity index (χ1v) is 11.2. The van der Waals surface area contributed by atoms with Gasteiger partial charge in [-0.05, 0) is 42.7 Å². The van der Waals surface area contributed by atoms with Crippen molar-refractivity contribution in [3.05, 3.63) is 70.5 Å². The topological polar surface area (TPSA) is 104 Å². The number of thioether (sulfide) groups is 1. The standard InChI is InChI=1S/C22H23N5O2S/c1-30-13-12-18(21-25-16-8-4-5-9-17(16)26-21)24-20(28)11-10-19-23-15-7-3-2-6-14(15)22(29)27-19/h2-9,18H,10-13H2,1H3,(H,24,28)(H,25,26)(H,23,27,29)/t18-/m0/s1. The second-order valence-corrected chi connectivity index (χ2v) is 8.06. The normalized spacial score (nSPS) is 12.3. The van der Waals surface area contributed by atoms with Crippen molar-refractivity contribution in [1.29, 1.82) is 0 Å². The van der Waals surface area contributed by atoms with Crippen LogP contribution >= 0.6 is 11.8 Å². The number of para-hydroxylation sites is 3. The Hall–Kier alpha value is -3.13. The fraction of sp³-hybridized carbons (Fsp3) is 0.273. The zero-order chi connectivity index (χ0) is 20.9. The van der Waals surface area contributed by atoms with E-state index in [1.165, 1.54) is 0 Å². The van der Waals surface area contributed by atoms with E-state index in [4.69, 9.17) is 0 Å². The van der Waals surface area contributed by atoms with Gasteiger partial charge in [0.15, 0.2) is 0 Å². The van der Waals surface area contributed by atoms with Gasteiger partial charge in [-0.25, -0.2) is 9.97 Å². The van der Waals surface area contributed by atoms with E-state index >= 15 is 0 Å². The minimum atomic E-state index is -0.194. The predicted octanol–water partition coefficient (Wildman–Crippen LogP) is 3.34. The molecule has 7 nitrogen and oxygen atoms in total. The first-order chi connectivity index (χ1) is 14.6. The fourth-order valence-corrected chi connectivity index (χ4v) is 3.87. The van der Waals surface area contributed by atoms with Crippen molar-refractivity contribution < 1.29 is 4.79 Å². The van der Waals surface area contributed by atoms with E-state index in [1.807, 2.05) is 36.6 Å². The molecule has 0 saturated heterocycles. The summed E-state index contributed by atoms with van der Waals surface area (Å²) in [6, 6.07) is 14.8. The Balaban J connectivity index is 1.45. The molecule has 0 fully saturated rings. The van der Waals surface area contributed by atoms with E-state index in [0.29, 0.717) is 23.1 Å². The number of amides is 1. The van der Waals surface area contributed by atoms with Crippen LogP contribution in [0.5, 0.6) is 0 Å². The van der Waals surface area contributed by atoms with Crippen LogP contribution in [0.4, 0.5) is 0 Å². The average molecular weight is 422 g/mol. The number of carbonyl (C=O) groups excluding carboxylic acids is 1. The van der Waals surface area contributed by atoms with Gasteiger partial charge in [0.1, 0.15) is 11.6 Å².